The quantitative estimate of drug-likeness (QED) is 0.594. The molecule has 0 aliphatic heterocycles. The molecule has 0 spiro atoms. The predicted octanol–water partition coefficient (Wildman–Crippen LogP) is 2.63. The van der Waals surface area contributed by atoms with Crippen molar-refractivity contribution in [1.82, 2.24) is 10.7 Å². The van der Waals surface area contributed by atoms with Crippen LogP contribution in [-0.4, -0.2) is 31.2 Å². The molecule has 0 radical (unpaired) electrons. The highest BCUT2D eigenvalue weighted by Gasteiger charge is 2.08. The van der Waals surface area contributed by atoms with Gasteiger partial charge < -0.3 is 10.1 Å². The Morgan fingerprint density at radius 2 is 1.88 bits per heavy atom. The maximum Gasteiger partial charge on any atom is 0.259 e. The topological polar surface area (TPSA) is 79.8 Å². The number of amides is 2. The normalized spacial score (nSPS) is 11.2. The molecule has 2 aromatic carbocycles. The van der Waals surface area contributed by atoms with Gasteiger partial charge in [0, 0.05) is 5.56 Å². The average molecular weight is 351 g/mol. The van der Waals surface area contributed by atoms with Crippen molar-refractivity contribution in [3.8, 4) is 5.75 Å². The zero-order valence-electron chi connectivity index (χ0n) is 14.7. The molecule has 6 nitrogen and oxygen atoms in total. The molecular weight excluding hydrogens is 330 g/mol. The zero-order chi connectivity index (χ0) is 18.8. The number of carbonyl (C=O) groups excluding carboxylic acids is 2. The minimum atomic E-state index is -0.409. The van der Waals surface area contributed by atoms with E-state index in [-0.39, 0.29) is 12.5 Å². The van der Waals surface area contributed by atoms with Gasteiger partial charge in [0.15, 0.2) is 0 Å². The standard InChI is InChI=1S/C20H21N3O3/c1-15(11-12-16-7-4-3-5-8-16)22-23-19(24)14-21-20(25)17-9-6-10-18(13-17)26-2/h3-13H,14H2,1-2H3,(H,21,25)(H,23,24)/b12-11+,22-15?. The molecule has 0 fully saturated rings. The Morgan fingerprint density at radius 1 is 1.12 bits per heavy atom. The van der Waals surface area contributed by atoms with Gasteiger partial charge in [0.1, 0.15) is 5.75 Å². The Morgan fingerprint density at radius 3 is 2.62 bits per heavy atom. The lowest BCUT2D eigenvalue weighted by Gasteiger charge is -2.06. The van der Waals surface area contributed by atoms with Crippen molar-refractivity contribution in [1.29, 1.82) is 0 Å². The van der Waals surface area contributed by atoms with Crippen LogP contribution in [0.4, 0.5) is 0 Å². The minimum Gasteiger partial charge on any atom is -0.497 e. The second kappa shape index (κ2) is 9.78. The van der Waals surface area contributed by atoms with E-state index >= 15 is 0 Å². The van der Waals surface area contributed by atoms with Crippen LogP contribution in [0.2, 0.25) is 0 Å². The highest BCUT2D eigenvalue weighted by atomic mass is 16.5. The highest BCUT2D eigenvalue weighted by molar-refractivity contribution is 5.98. The fourth-order valence-electron chi connectivity index (χ4n) is 2.04. The van der Waals surface area contributed by atoms with Crippen LogP contribution in [0.25, 0.3) is 6.08 Å². The average Bonchev–Trinajstić information content (AvgIpc) is 2.69. The molecule has 26 heavy (non-hydrogen) atoms. The summed E-state index contributed by atoms with van der Waals surface area (Å²) in [5, 5.41) is 6.51. The first-order valence-electron chi connectivity index (χ1n) is 8.07. The zero-order valence-corrected chi connectivity index (χ0v) is 14.7. The van der Waals surface area contributed by atoms with Gasteiger partial charge in [-0.1, -0.05) is 42.5 Å². The molecule has 0 aromatic heterocycles. The maximum atomic E-state index is 12.0. The molecule has 0 bridgehead atoms. The summed E-state index contributed by atoms with van der Waals surface area (Å²) in [7, 11) is 1.52. The van der Waals surface area contributed by atoms with Crippen molar-refractivity contribution in [3.05, 3.63) is 71.8 Å². The number of benzene rings is 2. The number of hydrazone groups is 1. The van der Waals surface area contributed by atoms with E-state index in [4.69, 9.17) is 4.74 Å². The van der Waals surface area contributed by atoms with E-state index < -0.39 is 5.91 Å². The van der Waals surface area contributed by atoms with Crippen LogP contribution >= 0.6 is 0 Å². The second-order valence-electron chi connectivity index (χ2n) is 5.45. The molecule has 0 heterocycles. The summed E-state index contributed by atoms with van der Waals surface area (Å²) < 4.78 is 5.07. The van der Waals surface area contributed by atoms with Gasteiger partial charge in [-0.05, 0) is 36.8 Å². The molecule has 0 saturated heterocycles. The van der Waals surface area contributed by atoms with Crippen molar-refractivity contribution in [3.63, 3.8) is 0 Å². The van der Waals surface area contributed by atoms with Crippen LogP contribution in [0.1, 0.15) is 22.8 Å². The van der Waals surface area contributed by atoms with Crippen molar-refractivity contribution in [2.75, 3.05) is 13.7 Å². The SMILES string of the molecule is COc1cccc(C(=O)NCC(=O)NN=C(C)/C=C/c2ccccc2)c1. The molecular formula is C20H21N3O3. The molecule has 2 aromatic rings. The number of nitrogens with zero attached hydrogens (tertiary/aromatic N) is 1. The van der Waals surface area contributed by atoms with E-state index in [1.807, 2.05) is 36.4 Å². The summed E-state index contributed by atoms with van der Waals surface area (Å²) in [6, 6.07) is 16.5. The van der Waals surface area contributed by atoms with Crippen LogP contribution in [-0.2, 0) is 4.79 Å². The van der Waals surface area contributed by atoms with Gasteiger partial charge in [-0.15, -0.1) is 0 Å². The number of carbonyl (C=O) groups is 2. The third kappa shape index (κ3) is 6.24. The number of allylic oxidation sites excluding steroid dienone is 1. The summed E-state index contributed by atoms with van der Waals surface area (Å²) >= 11 is 0. The van der Waals surface area contributed by atoms with Crippen molar-refractivity contribution in [2.45, 2.75) is 6.92 Å². The Bertz CT molecular complexity index is 814. The van der Waals surface area contributed by atoms with E-state index in [0.717, 1.165) is 5.56 Å². The lowest BCUT2D eigenvalue weighted by atomic mass is 10.2. The van der Waals surface area contributed by atoms with Crippen molar-refractivity contribution >= 4 is 23.6 Å². The van der Waals surface area contributed by atoms with Gasteiger partial charge >= 0.3 is 0 Å². The lowest BCUT2D eigenvalue weighted by Crippen LogP contribution is -2.35. The molecule has 2 amide bonds. The third-order valence-corrected chi connectivity index (χ3v) is 3.41. The third-order valence-electron chi connectivity index (χ3n) is 3.41. The highest BCUT2D eigenvalue weighted by Crippen LogP contribution is 2.12. The van der Waals surface area contributed by atoms with Crippen LogP contribution < -0.4 is 15.5 Å². The number of ether oxygens (including phenoxy) is 1. The first-order valence-corrected chi connectivity index (χ1v) is 8.07. The molecule has 6 heteroatoms. The second-order valence-corrected chi connectivity index (χ2v) is 5.45. The van der Waals surface area contributed by atoms with Gasteiger partial charge in [-0.2, -0.15) is 5.10 Å². The first kappa shape index (κ1) is 18.9. The number of hydrogen-bond donors (Lipinski definition) is 2. The molecule has 2 N–H and O–H groups in total. The fraction of sp³-hybridized carbons (Fsp3) is 0.150. The summed E-state index contributed by atoms with van der Waals surface area (Å²) in [6.45, 7) is 1.60. The Kier molecular flexibility index (Phi) is 7.12. The van der Waals surface area contributed by atoms with Crippen LogP contribution in [0.15, 0.2) is 65.8 Å². The largest absolute Gasteiger partial charge is 0.497 e. The molecule has 2 rings (SSSR count). The molecule has 0 aliphatic rings. The first-order chi connectivity index (χ1) is 12.6. The predicted molar refractivity (Wildman–Crippen MR) is 102 cm³/mol. The van der Waals surface area contributed by atoms with Crippen LogP contribution in [0, 0.1) is 0 Å². The number of methoxy groups -OCH3 is 1. The van der Waals surface area contributed by atoms with Crippen LogP contribution in [0.5, 0.6) is 5.75 Å². The van der Waals surface area contributed by atoms with Gasteiger partial charge in [-0.25, -0.2) is 5.43 Å². The van der Waals surface area contributed by atoms with Gasteiger partial charge in [0.05, 0.1) is 19.4 Å². The van der Waals surface area contributed by atoms with Crippen LogP contribution in [0.3, 0.4) is 0 Å². The molecule has 0 unspecified atom stereocenters. The van der Waals surface area contributed by atoms with E-state index in [1.54, 1.807) is 37.3 Å². The summed E-state index contributed by atoms with van der Waals surface area (Å²) in [5.41, 5.74) is 4.51. The molecule has 0 aliphatic carbocycles. The number of nitrogens with one attached hydrogen (secondary N) is 2. The van der Waals surface area contributed by atoms with Gasteiger partial charge in [0.2, 0.25) is 0 Å². The smallest absolute Gasteiger partial charge is 0.259 e. The van der Waals surface area contributed by atoms with Gasteiger partial charge in [0.25, 0.3) is 11.8 Å². The summed E-state index contributed by atoms with van der Waals surface area (Å²) in [4.78, 5) is 23.8. The Balaban J connectivity index is 1.80. The molecule has 0 saturated carbocycles. The number of hydrogen-bond acceptors (Lipinski definition) is 4. The monoisotopic (exact) mass is 351 g/mol. The Labute approximate surface area is 152 Å². The van der Waals surface area contributed by atoms with E-state index in [2.05, 4.69) is 15.8 Å². The van der Waals surface area contributed by atoms with Crippen molar-refractivity contribution in [2.24, 2.45) is 5.10 Å². The van der Waals surface area contributed by atoms with E-state index in [1.165, 1.54) is 7.11 Å². The van der Waals surface area contributed by atoms with Gasteiger partial charge in [-0.3, -0.25) is 9.59 Å². The fourth-order valence-corrected chi connectivity index (χ4v) is 2.04. The lowest BCUT2D eigenvalue weighted by molar-refractivity contribution is -0.120. The van der Waals surface area contributed by atoms with E-state index in [0.29, 0.717) is 17.0 Å². The number of rotatable bonds is 7. The minimum absolute atomic E-state index is 0.171. The Hall–Kier alpha value is -3.41. The summed E-state index contributed by atoms with van der Waals surface area (Å²) in [5.74, 6) is -0.190. The molecule has 0 atom stereocenters. The van der Waals surface area contributed by atoms with Crippen molar-refractivity contribution < 1.29 is 14.3 Å². The van der Waals surface area contributed by atoms with E-state index in [9.17, 15) is 9.59 Å². The summed E-state index contributed by atoms with van der Waals surface area (Å²) in [6.07, 6.45) is 3.69. The molecule has 134 valence electrons. The maximum absolute atomic E-state index is 12.0.